The number of nitrogens with one attached hydrogen (secondary N) is 2. The Kier molecular flexibility index (Phi) is 6.06. The fourth-order valence-electron chi connectivity index (χ4n) is 3.79. The Bertz CT molecular complexity index is 1010. The van der Waals surface area contributed by atoms with Gasteiger partial charge in [0.1, 0.15) is 5.69 Å². The van der Waals surface area contributed by atoms with E-state index in [9.17, 15) is 9.59 Å². The van der Waals surface area contributed by atoms with Gasteiger partial charge in [0, 0.05) is 42.1 Å². The van der Waals surface area contributed by atoms with Crippen LogP contribution in [0.4, 0.5) is 0 Å². The monoisotopic (exact) mass is 424 g/mol. The molecule has 1 aromatic heterocycles. The second-order valence-electron chi connectivity index (χ2n) is 7.68. The van der Waals surface area contributed by atoms with Gasteiger partial charge in [-0.3, -0.25) is 14.5 Å². The number of aromatic nitrogens is 1. The first-order chi connectivity index (χ1) is 14.5. The number of rotatable bonds is 5. The number of para-hydroxylation sites is 1. The third-order valence-corrected chi connectivity index (χ3v) is 5.79. The first-order valence-electron chi connectivity index (χ1n) is 10.1. The summed E-state index contributed by atoms with van der Waals surface area (Å²) in [6.07, 6.45) is 0. The zero-order chi connectivity index (χ0) is 21.1. The van der Waals surface area contributed by atoms with Crippen molar-refractivity contribution in [2.75, 3.05) is 32.7 Å². The van der Waals surface area contributed by atoms with Gasteiger partial charge in [-0.25, -0.2) is 0 Å². The van der Waals surface area contributed by atoms with Gasteiger partial charge in [0.2, 0.25) is 5.91 Å². The molecular weight excluding hydrogens is 400 g/mol. The number of halogens is 1. The SMILES string of the molecule is CC(NC(=O)CN1CCN(C(=O)c2cc3ccccc3[nH]2)CC1)c1ccc(Cl)cc1. The number of carbonyl (C=O) groups excluding carboxylic acids is 2. The summed E-state index contributed by atoms with van der Waals surface area (Å²) >= 11 is 5.92. The second kappa shape index (κ2) is 8.90. The number of hydrogen-bond donors (Lipinski definition) is 2. The van der Waals surface area contributed by atoms with E-state index in [4.69, 9.17) is 11.6 Å². The smallest absolute Gasteiger partial charge is 0.270 e. The van der Waals surface area contributed by atoms with E-state index < -0.39 is 0 Å². The standard InChI is InChI=1S/C23H25ClN4O2/c1-16(17-6-8-19(24)9-7-17)25-22(29)15-27-10-12-28(13-11-27)23(30)21-14-18-4-2-3-5-20(18)26-21/h2-9,14,16,26H,10-13,15H2,1H3,(H,25,29). The highest BCUT2D eigenvalue weighted by molar-refractivity contribution is 6.30. The predicted molar refractivity (Wildman–Crippen MR) is 119 cm³/mol. The average molecular weight is 425 g/mol. The molecule has 0 spiro atoms. The first kappa shape index (κ1) is 20.4. The summed E-state index contributed by atoms with van der Waals surface area (Å²) in [4.78, 5) is 32.4. The highest BCUT2D eigenvalue weighted by atomic mass is 35.5. The molecule has 1 aliphatic rings. The maximum Gasteiger partial charge on any atom is 0.270 e. The van der Waals surface area contributed by atoms with Crippen LogP contribution in [-0.2, 0) is 4.79 Å². The minimum absolute atomic E-state index is 0.00617. The lowest BCUT2D eigenvalue weighted by Crippen LogP contribution is -2.51. The Balaban J connectivity index is 1.27. The molecule has 30 heavy (non-hydrogen) atoms. The summed E-state index contributed by atoms with van der Waals surface area (Å²) in [5, 5.41) is 4.74. The van der Waals surface area contributed by atoms with E-state index in [0.717, 1.165) is 16.5 Å². The lowest BCUT2D eigenvalue weighted by Gasteiger charge is -2.34. The molecule has 7 heteroatoms. The van der Waals surface area contributed by atoms with Crippen LogP contribution in [0.15, 0.2) is 54.6 Å². The number of piperazine rings is 1. The number of carbonyl (C=O) groups is 2. The minimum atomic E-state index is -0.0837. The molecular formula is C23H25ClN4O2. The molecule has 0 saturated carbocycles. The van der Waals surface area contributed by atoms with Crippen LogP contribution < -0.4 is 5.32 Å². The molecule has 1 unspecified atom stereocenters. The van der Waals surface area contributed by atoms with Gasteiger partial charge in [-0.2, -0.15) is 0 Å². The van der Waals surface area contributed by atoms with Crippen molar-refractivity contribution in [3.63, 3.8) is 0 Å². The van der Waals surface area contributed by atoms with Crippen LogP contribution in [0, 0.1) is 0 Å². The molecule has 2 aromatic carbocycles. The Labute approximate surface area is 180 Å². The fraction of sp³-hybridized carbons (Fsp3) is 0.304. The van der Waals surface area contributed by atoms with Gasteiger partial charge >= 0.3 is 0 Å². The summed E-state index contributed by atoms with van der Waals surface area (Å²) in [5.74, 6) is -0.0143. The van der Waals surface area contributed by atoms with E-state index >= 15 is 0 Å². The molecule has 0 aliphatic carbocycles. The molecule has 1 fully saturated rings. The van der Waals surface area contributed by atoms with E-state index in [2.05, 4.69) is 15.2 Å². The number of benzene rings is 2. The largest absolute Gasteiger partial charge is 0.351 e. The molecule has 2 N–H and O–H groups in total. The van der Waals surface area contributed by atoms with Crippen LogP contribution in [0.5, 0.6) is 0 Å². The molecule has 2 amide bonds. The van der Waals surface area contributed by atoms with Crippen molar-refractivity contribution < 1.29 is 9.59 Å². The van der Waals surface area contributed by atoms with Crippen LogP contribution in [0.1, 0.15) is 29.0 Å². The van der Waals surface area contributed by atoms with Gasteiger partial charge in [0.25, 0.3) is 5.91 Å². The van der Waals surface area contributed by atoms with Crippen molar-refractivity contribution in [1.82, 2.24) is 20.1 Å². The van der Waals surface area contributed by atoms with Gasteiger partial charge in [-0.05, 0) is 36.8 Å². The first-order valence-corrected chi connectivity index (χ1v) is 10.5. The van der Waals surface area contributed by atoms with Crippen LogP contribution in [0.25, 0.3) is 10.9 Å². The van der Waals surface area contributed by atoms with Crippen LogP contribution >= 0.6 is 11.6 Å². The molecule has 3 aromatic rings. The van der Waals surface area contributed by atoms with Gasteiger partial charge in [-0.1, -0.05) is 41.9 Å². The van der Waals surface area contributed by atoms with E-state index in [-0.39, 0.29) is 17.9 Å². The second-order valence-corrected chi connectivity index (χ2v) is 8.12. The maximum absolute atomic E-state index is 12.8. The van der Waals surface area contributed by atoms with Crippen LogP contribution in [0.3, 0.4) is 0 Å². The fourth-order valence-corrected chi connectivity index (χ4v) is 3.92. The molecule has 0 radical (unpaired) electrons. The summed E-state index contributed by atoms with van der Waals surface area (Å²) < 4.78 is 0. The van der Waals surface area contributed by atoms with Crippen molar-refractivity contribution in [3.05, 3.63) is 70.9 Å². The lowest BCUT2D eigenvalue weighted by molar-refractivity contribution is -0.123. The minimum Gasteiger partial charge on any atom is -0.351 e. The zero-order valence-electron chi connectivity index (χ0n) is 16.9. The Morgan fingerprint density at radius 2 is 1.77 bits per heavy atom. The van der Waals surface area contributed by atoms with Gasteiger partial charge in [0.05, 0.1) is 12.6 Å². The molecule has 4 rings (SSSR count). The third kappa shape index (κ3) is 4.66. The molecule has 1 saturated heterocycles. The molecule has 2 heterocycles. The van der Waals surface area contributed by atoms with Crippen molar-refractivity contribution in [2.24, 2.45) is 0 Å². The van der Waals surface area contributed by atoms with Crippen molar-refractivity contribution >= 4 is 34.3 Å². The highest BCUT2D eigenvalue weighted by Crippen LogP contribution is 2.18. The van der Waals surface area contributed by atoms with Crippen molar-refractivity contribution in [1.29, 1.82) is 0 Å². The number of fused-ring (bicyclic) bond motifs is 1. The number of hydrogen-bond acceptors (Lipinski definition) is 3. The van der Waals surface area contributed by atoms with E-state index in [1.165, 1.54) is 0 Å². The molecule has 6 nitrogen and oxygen atoms in total. The Morgan fingerprint density at radius 3 is 2.47 bits per heavy atom. The summed E-state index contributed by atoms with van der Waals surface area (Å²) in [7, 11) is 0. The van der Waals surface area contributed by atoms with Crippen LogP contribution in [-0.4, -0.2) is 59.3 Å². The summed E-state index contributed by atoms with van der Waals surface area (Å²) in [6.45, 7) is 4.84. The number of amides is 2. The molecule has 1 atom stereocenters. The molecule has 156 valence electrons. The average Bonchev–Trinajstić information content (AvgIpc) is 3.18. The van der Waals surface area contributed by atoms with E-state index in [0.29, 0.717) is 43.4 Å². The molecule has 0 bridgehead atoms. The number of nitrogens with zero attached hydrogens (tertiary/aromatic N) is 2. The maximum atomic E-state index is 12.8. The van der Waals surface area contributed by atoms with Gasteiger partial charge < -0.3 is 15.2 Å². The Hall–Kier alpha value is -2.83. The number of H-pyrrole nitrogens is 1. The quantitative estimate of drug-likeness (QED) is 0.659. The van der Waals surface area contributed by atoms with E-state index in [1.54, 1.807) is 0 Å². The van der Waals surface area contributed by atoms with Crippen molar-refractivity contribution in [3.8, 4) is 0 Å². The molecule has 1 aliphatic heterocycles. The predicted octanol–water partition coefficient (Wildman–Crippen LogP) is 3.46. The zero-order valence-corrected chi connectivity index (χ0v) is 17.7. The summed E-state index contributed by atoms with van der Waals surface area (Å²) in [5.41, 5.74) is 2.59. The Morgan fingerprint density at radius 1 is 1.07 bits per heavy atom. The van der Waals surface area contributed by atoms with Gasteiger partial charge in [0.15, 0.2) is 0 Å². The van der Waals surface area contributed by atoms with Crippen LogP contribution in [0.2, 0.25) is 5.02 Å². The highest BCUT2D eigenvalue weighted by Gasteiger charge is 2.24. The topological polar surface area (TPSA) is 68.4 Å². The summed E-state index contributed by atoms with van der Waals surface area (Å²) in [6, 6.07) is 17.2. The lowest BCUT2D eigenvalue weighted by atomic mass is 10.1. The number of aromatic amines is 1. The van der Waals surface area contributed by atoms with Gasteiger partial charge in [-0.15, -0.1) is 0 Å². The normalized spacial score (nSPS) is 15.9. The van der Waals surface area contributed by atoms with Crippen molar-refractivity contribution in [2.45, 2.75) is 13.0 Å². The third-order valence-electron chi connectivity index (χ3n) is 5.53. The van der Waals surface area contributed by atoms with E-state index in [1.807, 2.05) is 66.4 Å².